The summed E-state index contributed by atoms with van der Waals surface area (Å²) in [5.41, 5.74) is 1.95. The molecule has 2 aromatic rings. The van der Waals surface area contributed by atoms with Crippen LogP contribution in [0.1, 0.15) is 18.4 Å². The summed E-state index contributed by atoms with van der Waals surface area (Å²) >= 11 is 1.64. The highest BCUT2D eigenvalue weighted by Gasteiger charge is 2.28. The lowest BCUT2D eigenvalue weighted by Crippen LogP contribution is -2.47. The molecule has 1 amide bonds. The van der Waals surface area contributed by atoms with Crippen LogP contribution in [0.2, 0.25) is 0 Å². The molecule has 7 nitrogen and oxygen atoms in total. The molecule has 1 atom stereocenters. The number of aromatic amines is 1. The Labute approximate surface area is 157 Å². The largest absolute Gasteiger partial charge is 0.346 e. The van der Waals surface area contributed by atoms with Gasteiger partial charge in [-0.15, -0.1) is 11.8 Å². The summed E-state index contributed by atoms with van der Waals surface area (Å²) in [6, 6.07) is 0.391. The number of hydrogen-bond donors (Lipinski definition) is 2. The number of rotatable bonds is 3. The quantitative estimate of drug-likeness (QED) is 0.857. The summed E-state index contributed by atoms with van der Waals surface area (Å²) in [6.07, 6.45) is 7.67. The molecule has 2 aromatic heterocycles. The number of amides is 1. The average Bonchev–Trinajstić information content (AvgIpc) is 3.09. The lowest BCUT2D eigenvalue weighted by atomic mass is 10.1. The van der Waals surface area contributed by atoms with E-state index in [9.17, 15) is 4.79 Å². The van der Waals surface area contributed by atoms with Gasteiger partial charge in [0.15, 0.2) is 0 Å². The topological polar surface area (TPSA) is 77.2 Å². The second kappa shape index (κ2) is 7.28. The second-order valence-electron chi connectivity index (χ2n) is 6.81. The van der Waals surface area contributed by atoms with E-state index in [2.05, 4.69) is 25.2 Å². The van der Waals surface area contributed by atoms with Gasteiger partial charge in [-0.2, -0.15) is 0 Å². The van der Waals surface area contributed by atoms with Crippen LogP contribution in [-0.4, -0.2) is 64.2 Å². The molecule has 4 rings (SSSR count). The van der Waals surface area contributed by atoms with Crippen molar-refractivity contribution in [3.63, 3.8) is 0 Å². The number of anilines is 1. The predicted octanol–water partition coefficient (Wildman–Crippen LogP) is 1.87. The number of carbonyl (C=O) groups is 1. The Morgan fingerprint density at radius 1 is 1.38 bits per heavy atom. The van der Waals surface area contributed by atoms with E-state index in [1.807, 2.05) is 31.3 Å². The molecule has 8 heteroatoms. The first-order chi connectivity index (χ1) is 12.7. The summed E-state index contributed by atoms with van der Waals surface area (Å²) in [7, 11) is 1.97. The maximum Gasteiger partial charge on any atom is 0.261 e. The Kier molecular flexibility index (Phi) is 4.86. The smallest absolute Gasteiger partial charge is 0.261 e. The standard InChI is InChI=1S/C18H24N6OS/c1-12-8-20-16-15(12)17(22-11-21-16)23-6-7-26-14(10-23)18(25)24-5-3-4-13(9-24)19-2/h8,10-11,13,19H,3-7,9H2,1-2H3,(H,20,21,22)/t13-/m0/s1. The summed E-state index contributed by atoms with van der Waals surface area (Å²) < 4.78 is 0. The SMILES string of the molecule is CN[C@H]1CCCN(C(=O)C2=CN(c3ncnc4[nH]cc(C)c34)CCS2)C1. The van der Waals surface area contributed by atoms with Crippen molar-refractivity contribution in [2.24, 2.45) is 0 Å². The number of likely N-dealkylation sites (tertiary alicyclic amines) is 1. The fourth-order valence-corrected chi connectivity index (χ4v) is 4.61. The fourth-order valence-electron chi connectivity index (χ4n) is 3.65. The van der Waals surface area contributed by atoms with Crippen LogP contribution < -0.4 is 10.2 Å². The molecule has 138 valence electrons. The monoisotopic (exact) mass is 372 g/mol. The van der Waals surface area contributed by atoms with Crippen LogP contribution in [0, 0.1) is 6.92 Å². The summed E-state index contributed by atoms with van der Waals surface area (Å²) in [6.45, 7) is 4.49. The van der Waals surface area contributed by atoms with Gasteiger partial charge in [-0.25, -0.2) is 9.97 Å². The van der Waals surface area contributed by atoms with Crippen molar-refractivity contribution in [2.45, 2.75) is 25.8 Å². The highest BCUT2D eigenvalue weighted by Crippen LogP contribution is 2.31. The van der Waals surface area contributed by atoms with Gasteiger partial charge in [-0.05, 0) is 32.4 Å². The number of nitrogens with zero attached hydrogens (tertiary/aromatic N) is 4. The molecule has 26 heavy (non-hydrogen) atoms. The lowest BCUT2D eigenvalue weighted by molar-refractivity contribution is -0.127. The zero-order chi connectivity index (χ0) is 18.1. The van der Waals surface area contributed by atoms with Crippen molar-refractivity contribution < 1.29 is 4.79 Å². The van der Waals surface area contributed by atoms with E-state index >= 15 is 0 Å². The molecule has 2 aliphatic rings. The van der Waals surface area contributed by atoms with Crippen molar-refractivity contribution in [2.75, 3.05) is 37.3 Å². The molecule has 2 N–H and O–H groups in total. The van der Waals surface area contributed by atoms with Crippen LogP contribution in [0.3, 0.4) is 0 Å². The Morgan fingerprint density at radius 2 is 2.27 bits per heavy atom. The third-order valence-electron chi connectivity index (χ3n) is 5.11. The van der Waals surface area contributed by atoms with Crippen LogP contribution in [0.5, 0.6) is 0 Å². The Bertz CT molecular complexity index is 847. The van der Waals surface area contributed by atoms with E-state index in [-0.39, 0.29) is 5.91 Å². The molecule has 0 radical (unpaired) electrons. The lowest BCUT2D eigenvalue weighted by Gasteiger charge is -2.34. The summed E-state index contributed by atoms with van der Waals surface area (Å²) in [4.78, 5) is 29.9. The minimum absolute atomic E-state index is 0.135. The maximum absolute atomic E-state index is 13.0. The van der Waals surface area contributed by atoms with E-state index in [0.29, 0.717) is 6.04 Å². The molecular formula is C18H24N6OS. The van der Waals surface area contributed by atoms with Crippen LogP contribution in [0.15, 0.2) is 23.6 Å². The van der Waals surface area contributed by atoms with Gasteiger partial charge in [0.25, 0.3) is 5.91 Å². The number of aryl methyl sites for hydroxylation is 1. The Morgan fingerprint density at radius 3 is 3.12 bits per heavy atom. The molecule has 0 saturated carbocycles. The van der Waals surface area contributed by atoms with E-state index in [1.54, 1.807) is 18.1 Å². The molecule has 1 fully saturated rings. The van der Waals surface area contributed by atoms with Gasteiger partial charge in [0.05, 0.1) is 10.3 Å². The number of likely N-dealkylation sites (N-methyl/N-ethyl adjacent to an activating group) is 1. The third-order valence-corrected chi connectivity index (χ3v) is 6.09. The molecule has 0 aliphatic carbocycles. The summed E-state index contributed by atoms with van der Waals surface area (Å²) in [5.74, 6) is 1.87. The van der Waals surface area contributed by atoms with Crippen LogP contribution >= 0.6 is 11.8 Å². The van der Waals surface area contributed by atoms with E-state index < -0.39 is 0 Å². The maximum atomic E-state index is 13.0. The molecule has 0 unspecified atom stereocenters. The number of fused-ring (bicyclic) bond motifs is 1. The highest BCUT2D eigenvalue weighted by molar-refractivity contribution is 8.04. The van der Waals surface area contributed by atoms with Gasteiger partial charge in [0, 0.05) is 43.8 Å². The number of nitrogens with one attached hydrogen (secondary N) is 2. The minimum atomic E-state index is 0.135. The number of hydrogen-bond acceptors (Lipinski definition) is 6. The van der Waals surface area contributed by atoms with Crippen molar-refractivity contribution in [1.29, 1.82) is 0 Å². The number of thioether (sulfide) groups is 1. The Hall–Kier alpha value is -2.06. The number of aromatic nitrogens is 3. The second-order valence-corrected chi connectivity index (χ2v) is 7.94. The fraction of sp³-hybridized carbons (Fsp3) is 0.500. The van der Waals surface area contributed by atoms with Crippen LogP contribution in [0.25, 0.3) is 11.0 Å². The van der Waals surface area contributed by atoms with Gasteiger partial charge in [0.2, 0.25) is 0 Å². The highest BCUT2D eigenvalue weighted by atomic mass is 32.2. The van der Waals surface area contributed by atoms with Crippen molar-refractivity contribution >= 4 is 34.5 Å². The average molecular weight is 372 g/mol. The van der Waals surface area contributed by atoms with Gasteiger partial charge in [-0.1, -0.05) is 0 Å². The molecule has 0 aromatic carbocycles. The first-order valence-corrected chi connectivity index (χ1v) is 10.0. The molecule has 0 spiro atoms. The zero-order valence-electron chi connectivity index (χ0n) is 15.2. The van der Waals surface area contributed by atoms with Gasteiger partial charge in [-0.3, -0.25) is 4.79 Å². The normalized spacial score (nSPS) is 21.2. The molecule has 2 aliphatic heterocycles. The molecular weight excluding hydrogens is 348 g/mol. The van der Waals surface area contributed by atoms with E-state index in [4.69, 9.17) is 0 Å². The molecule has 1 saturated heterocycles. The zero-order valence-corrected chi connectivity index (χ0v) is 16.0. The predicted molar refractivity (Wildman–Crippen MR) is 105 cm³/mol. The molecule has 4 heterocycles. The minimum Gasteiger partial charge on any atom is -0.346 e. The van der Waals surface area contributed by atoms with Crippen LogP contribution in [-0.2, 0) is 4.79 Å². The van der Waals surface area contributed by atoms with Crippen molar-refractivity contribution in [3.05, 3.63) is 29.2 Å². The Balaban J connectivity index is 1.61. The molecule has 0 bridgehead atoms. The first-order valence-electron chi connectivity index (χ1n) is 9.04. The van der Waals surface area contributed by atoms with Gasteiger partial charge < -0.3 is 20.1 Å². The summed E-state index contributed by atoms with van der Waals surface area (Å²) in [5, 5.41) is 4.32. The van der Waals surface area contributed by atoms with E-state index in [1.165, 1.54) is 0 Å². The van der Waals surface area contributed by atoms with Crippen molar-refractivity contribution in [1.82, 2.24) is 25.2 Å². The number of carbonyl (C=O) groups excluding carboxylic acids is 1. The number of piperidine rings is 1. The first kappa shape index (κ1) is 17.4. The van der Waals surface area contributed by atoms with Crippen LogP contribution in [0.4, 0.5) is 5.82 Å². The third kappa shape index (κ3) is 3.19. The van der Waals surface area contributed by atoms with Gasteiger partial charge in [0.1, 0.15) is 17.8 Å². The number of H-pyrrole nitrogens is 1. The van der Waals surface area contributed by atoms with Crippen molar-refractivity contribution in [3.8, 4) is 0 Å². The van der Waals surface area contributed by atoms with Gasteiger partial charge >= 0.3 is 0 Å². The van der Waals surface area contributed by atoms with E-state index in [0.717, 1.165) is 65.5 Å².